The second kappa shape index (κ2) is 11.8. The largest absolute Gasteiger partial charge is 0.497 e. The second-order valence-corrected chi connectivity index (χ2v) is 8.23. The van der Waals surface area contributed by atoms with Crippen molar-refractivity contribution in [2.45, 2.75) is 19.5 Å². The van der Waals surface area contributed by atoms with Gasteiger partial charge in [-0.25, -0.2) is 4.39 Å². The number of ether oxygens (including phenoxy) is 1. The minimum atomic E-state index is -0.474. The van der Waals surface area contributed by atoms with Gasteiger partial charge in [0.25, 0.3) is 5.91 Å². The van der Waals surface area contributed by atoms with E-state index in [-0.39, 0.29) is 30.3 Å². The van der Waals surface area contributed by atoms with Crippen molar-refractivity contribution >= 4 is 17.5 Å². The number of carbonyl (C=O) groups excluding carboxylic acids is 2. The Kier molecular flexibility index (Phi) is 8.03. The lowest BCUT2D eigenvalue weighted by atomic mass is 10.1. The molecule has 0 atom stereocenters. The smallest absolute Gasteiger partial charge is 0.258 e. The average molecular weight is 484 g/mol. The Morgan fingerprint density at radius 1 is 0.917 bits per heavy atom. The second-order valence-electron chi connectivity index (χ2n) is 8.23. The molecule has 4 rings (SSSR count). The summed E-state index contributed by atoms with van der Waals surface area (Å²) in [5, 5.41) is 2.88. The van der Waals surface area contributed by atoms with Gasteiger partial charge >= 0.3 is 0 Å². The maximum Gasteiger partial charge on any atom is 0.258 e. The lowest BCUT2D eigenvalue weighted by Gasteiger charge is -2.24. The predicted molar refractivity (Wildman–Crippen MR) is 136 cm³/mol. The van der Waals surface area contributed by atoms with E-state index >= 15 is 0 Å². The van der Waals surface area contributed by atoms with Crippen molar-refractivity contribution < 1.29 is 18.7 Å². The summed E-state index contributed by atoms with van der Waals surface area (Å²) in [6.07, 6.45) is 3.60. The van der Waals surface area contributed by atoms with Crippen LogP contribution >= 0.6 is 0 Å². The quantitative estimate of drug-likeness (QED) is 0.366. The molecule has 0 saturated carbocycles. The van der Waals surface area contributed by atoms with Crippen molar-refractivity contribution in [2.24, 2.45) is 0 Å². The van der Waals surface area contributed by atoms with Gasteiger partial charge in [0.2, 0.25) is 5.91 Å². The molecular formula is C29H26FN3O3. The summed E-state index contributed by atoms with van der Waals surface area (Å²) in [4.78, 5) is 31.4. The summed E-state index contributed by atoms with van der Waals surface area (Å²) in [6.45, 7) is 0.687. The van der Waals surface area contributed by atoms with Crippen LogP contribution in [0.25, 0.3) is 0 Å². The Balaban J connectivity index is 1.50. The molecule has 2 amide bonds. The first-order valence-electron chi connectivity index (χ1n) is 11.5. The van der Waals surface area contributed by atoms with Crippen LogP contribution in [0.3, 0.4) is 0 Å². The van der Waals surface area contributed by atoms with Crippen LogP contribution in [0, 0.1) is 5.82 Å². The number of benzene rings is 3. The molecule has 6 nitrogen and oxygen atoms in total. The van der Waals surface area contributed by atoms with Gasteiger partial charge in [-0.1, -0.05) is 36.4 Å². The first-order chi connectivity index (χ1) is 17.5. The lowest BCUT2D eigenvalue weighted by molar-refractivity contribution is -0.120. The zero-order chi connectivity index (χ0) is 25.3. The molecule has 0 fully saturated rings. The predicted octanol–water partition coefficient (Wildman–Crippen LogP) is 4.94. The monoisotopic (exact) mass is 483 g/mol. The Hall–Kier alpha value is -4.52. The highest BCUT2D eigenvalue weighted by Gasteiger charge is 2.19. The highest BCUT2D eigenvalue weighted by Crippen LogP contribution is 2.23. The van der Waals surface area contributed by atoms with E-state index < -0.39 is 5.82 Å². The molecule has 1 heterocycles. The van der Waals surface area contributed by atoms with Gasteiger partial charge in [-0.15, -0.1) is 0 Å². The minimum Gasteiger partial charge on any atom is -0.497 e. The first-order valence-corrected chi connectivity index (χ1v) is 11.5. The number of hydrogen-bond donors (Lipinski definition) is 1. The van der Waals surface area contributed by atoms with Crippen LogP contribution in [0.1, 0.15) is 27.0 Å². The summed E-state index contributed by atoms with van der Waals surface area (Å²) in [7, 11) is 1.59. The highest BCUT2D eigenvalue weighted by atomic mass is 19.1. The number of hydrogen-bond acceptors (Lipinski definition) is 4. The maximum atomic E-state index is 13.8. The van der Waals surface area contributed by atoms with E-state index in [2.05, 4.69) is 10.3 Å². The summed E-state index contributed by atoms with van der Waals surface area (Å²) >= 11 is 0. The molecule has 0 unspecified atom stereocenters. The van der Waals surface area contributed by atoms with Crippen LogP contribution in [-0.4, -0.2) is 23.9 Å². The minimum absolute atomic E-state index is 0.113. The van der Waals surface area contributed by atoms with E-state index in [1.165, 1.54) is 18.2 Å². The van der Waals surface area contributed by atoms with E-state index in [4.69, 9.17) is 4.74 Å². The molecule has 1 aromatic heterocycles. The number of halogens is 1. The fourth-order valence-electron chi connectivity index (χ4n) is 3.72. The van der Waals surface area contributed by atoms with E-state index in [9.17, 15) is 14.0 Å². The topological polar surface area (TPSA) is 71.5 Å². The van der Waals surface area contributed by atoms with E-state index in [0.717, 1.165) is 16.7 Å². The molecule has 0 bridgehead atoms. The van der Waals surface area contributed by atoms with Crippen LogP contribution in [-0.2, 0) is 24.3 Å². The van der Waals surface area contributed by atoms with Crippen LogP contribution in [0.15, 0.2) is 97.3 Å². The molecule has 0 aliphatic carbocycles. The van der Waals surface area contributed by atoms with Crippen LogP contribution < -0.4 is 15.0 Å². The summed E-state index contributed by atoms with van der Waals surface area (Å²) < 4.78 is 19.0. The Labute approximate surface area is 209 Å². The van der Waals surface area contributed by atoms with Gasteiger partial charge in [0.1, 0.15) is 11.6 Å². The van der Waals surface area contributed by atoms with Gasteiger partial charge in [0.05, 0.1) is 20.1 Å². The molecule has 0 radical (unpaired) electrons. The molecule has 0 aliphatic rings. The number of pyridine rings is 1. The van der Waals surface area contributed by atoms with Crippen molar-refractivity contribution in [2.75, 3.05) is 12.0 Å². The number of anilines is 1. The fraction of sp³-hybridized carbons (Fsp3) is 0.138. The Morgan fingerprint density at radius 3 is 2.33 bits per heavy atom. The molecule has 36 heavy (non-hydrogen) atoms. The first kappa shape index (κ1) is 24.6. The van der Waals surface area contributed by atoms with Crippen molar-refractivity contribution in [1.82, 2.24) is 10.3 Å². The van der Waals surface area contributed by atoms with Gasteiger partial charge in [-0.05, 0) is 65.2 Å². The number of amides is 2. The zero-order valence-corrected chi connectivity index (χ0v) is 19.9. The molecule has 0 saturated heterocycles. The number of aromatic nitrogens is 1. The van der Waals surface area contributed by atoms with Crippen molar-refractivity contribution in [3.8, 4) is 5.75 Å². The van der Waals surface area contributed by atoms with Crippen molar-refractivity contribution in [1.29, 1.82) is 0 Å². The molecular weight excluding hydrogens is 457 g/mol. The third-order valence-electron chi connectivity index (χ3n) is 5.64. The van der Waals surface area contributed by atoms with Gasteiger partial charge in [0, 0.05) is 30.2 Å². The fourth-order valence-corrected chi connectivity index (χ4v) is 3.72. The van der Waals surface area contributed by atoms with Gasteiger partial charge in [-0.2, -0.15) is 0 Å². The number of nitrogens with one attached hydrogen (secondary N) is 1. The molecule has 4 aromatic rings. The molecule has 1 N–H and O–H groups in total. The van der Waals surface area contributed by atoms with Crippen molar-refractivity contribution in [3.05, 3.63) is 125 Å². The van der Waals surface area contributed by atoms with Gasteiger partial charge in [0.15, 0.2) is 0 Å². The number of methoxy groups -OCH3 is 1. The summed E-state index contributed by atoms with van der Waals surface area (Å²) in [5.41, 5.74) is 3.51. The SMILES string of the molecule is COc1ccc(CN(C(=O)c2cccc(F)c2)c2ccc(CC(=O)NCc3cccnc3)cc2)cc1. The number of rotatable bonds is 9. The standard InChI is InChI=1S/C29H26FN3O3/c1-36-27-13-9-22(10-14-27)20-33(29(35)24-5-2-6-25(30)17-24)26-11-7-21(8-12-26)16-28(34)32-19-23-4-3-15-31-18-23/h2-15,17-18H,16,19-20H2,1H3,(H,32,34). The average Bonchev–Trinajstić information content (AvgIpc) is 2.92. The van der Waals surface area contributed by atoms with E-state index in [0.29, 0.717) is 18.0 Å². The zero-order valence-electron chi connectivity index (χ0n) is 19.9. The molecule has 182 valence electrons. The third kappa shape index (κ3) is 6.54. The molecule has 7 heteroatoms. The Morgan fingerprint density at radius 2 is 1.67 bits per heavy atom. The molecule has 0 spiro atoms. The molecule has 0 aliphatic heterocycles. The van der Waals surface area contributed by atoms with Gasteiger partial charge < -0.3 is 15.0 Å². The summed E-state index contributed by atoms with van der Waals surface area (Å²) in [6, 6.07) is 24.0. The van der Waals surface area contributed by atoms with Gasteiger partial charge in [-0.3, -0.25) is 14.6 Å². The van der Waals surface area contributed by atoms with Crippen LogP contribution in [0.5, 0.6) is 5.75 Å². The lowest BCUT2D eigenvalue weighted by Crippen LogP contribution is -2.30. The van der Waals surface area contributed by atoms with Crippen LogP contribution in [0.4, 0.5) is 10.1 Å². The van der Waals surface area contributed by atoms with E-state index in [1.54, 1.807) is 42.6 Å². The van der Waals surface area contributed by atoms with E-state index in [1.807, 2.05) is 48.5 Å². The number of carbonyl (C=O) groups is 2. The maximum absolute atomic E-state index is 13.8. The van der Waals surface area contributed by atoms with Crippen LogP contribution in [0.2, 0.25) is 0 Å². The number of nitrogens with zero attached hydrogens (tertiary/aromatic N) is 2. The molecule has 3 aromatic carbocycles. The highest BCUT2D eigenvalue weighted by molar-refractivity contribution is 6.06. The summed E-state index contributed by atoms with van der Waals surface area (Å²) in [5.74, 6) is -0.199. The third-order valence-corrected chi connectivity index (χ3v) is 5.64. The normalized spacial score (nSPS) is 10.5. The Bertz CT molecular complexity index is 1310. The van der Waals surface area contributed by atoms with Crippen molar-refractivity contribution in [3.63, 3.8) is 0 Å².